The van der Waals surface area contributed by atoms with E-state index in [2.05, 4.69) is 20.3 Å². The Morgan fingerprint density at radius 3 is 2.65 bits per heavy atom. The van der Waals surface area contributed by atoms with E-state index in [1.54, 1.807) is 18.3 Å². The number of ether oxygens (including phenoxy) is 1. The largest absolute Gasteiger partial charge is 0.481 e. The van der Waals surface area contributed by atoms with Gasteiger partial charge in [-0.15, -0.1) is 0 Å². The molecule has 1 N–H and O–H groups in total. The first-order valence-electron chi connectivity index (χ1n) is 8.04. The van der Waals surface area contributed by atoms with Crippen molar-refractivity contribution in [2.24, 2.45) is 7.05 Å². The highest BCUT2D eigenvalue weighted by molar-refractivity contribution is 5.98. The number of alkyl halides is 1. The molecule has 7 nitrogen and oxygen atoms in total. The lowest BCUT2D eigenvalue weighted by Crippen LogP contribution is -2.15. The van der Waals surface area contributed by atoms with Gasteiger partial charge in [-0.25, -0.2) is 14.4 Å². The predicted octanol–water partition coefficient (Wildman–Crippen LogP) is 3.20. The van der Waals surface area contributed by atoms with Crippen LogP contribution in [-0.2, 0) is 17.5 Å². The summed E-state index contributed by atoms with van der Waals surface area (Å²) >= 11 is 0. The van der Waals surface area contributed by atoms with Crippen LogP contribution in [0.25, 0.3) is 22.2 Å². The van der Waals surface area contributed by atoms with E-state index >= 15 is 0 Å². The number of aromatic nitrogens is 4. The number of halogens is 1. The van der Waals surface area contributed by atoms with Crippen molar-refractivity contribution in [3.63, 3.8) is 0 Å². The molecule has 0 spiro atoms. The Morgan fingerprint density at radius 1 is 1.31 bits per heavy atom. The van der Waals surface area contributed by atoms with Crippen LogP contribution in [0.3, 0.4) is 0 Å². The highest BCUT2D eigenvalue weighted by Crippen LogP contribution is 2.33. The molecule has 1 amide bonds. The molecular weight excluding hydrogens is 337 g/mol. The van der Waals surface area contributed by atoms with Gasteiger partial charge in [0, 0.05) is 37.2 Å². The number of carbonyl (C=O) groups excluding carboxylic acids is 1. The number of anilines is 1. The topological polar surface area (TPSA) is 81.9 Å². The van der Waals surface area contributed by atoms with Crippen LogP contribution in [0.2, 0.25) is 0 Å². The minimum atomic E-state index is -1.71. The number of nitrogens with one attached hydrogen (secondary N) is 1. The fourth-order valence-corrected chi connectivity index (χ4v) is 2.66. The van der Waals surface area contributed by atoms with Crippen LogP contribution in [0.5, 0.6) is 5.88 Å². The lowest BCUT2D eigenvalue weighted by Gasteiger charge is -2.14. The summed E-state index contributed by atoms with van der Waals surface area (Å²) in [7, 11) is 3.35. The number of amides is 1. The molecule has 0 saturated carbocycles. The molecule has 3 rings (SSSR count). The summed E-state index contributed by atoms with van der Waals surface area (Å²) in [5.74, 6) is 0.549. The van der Waals surface area contributed by atoms with Crippen molar-refractivity contribution in [3.8, 4) is 17.1 Å². The first-order valence-corrected chi connectivity index (χ1v) is 8.04. The fraction of sp³-hybridized carbons (Fsp3) is 0.333. The van der Waals surface area contributed by atoms with Gasteiger partial charge in [0.05, 0.1) is 24.5 Å². The summed E-state index contributed by atoms with van der Waals surface area (Å²) in [5, 5.41) is 3.49. The first kappa shape index (κ1) is 17.8. The van der Waals surface area contributed by atoms with Crippen molar-refractivity contribution >= 4 is 22.6 Å². The van der Waals surface area contributed by atoms with E-state index in [4.69, 9.17) is 4.74 Å². The molecule has 136 valence electrons. The van der Waals surface area contributed by atoms with Crippen LogP contribution < -0.4 is 10.1 Å². The zero-order valence-corrected chi connectivity index (χ0v) is 15.3. The van der Waals surface area contributed by atoms with Gasteiger partial charge in [0.25, 0.3) is 0 Å². The smallest absolute Gasteiger partial charge is 0.222 e. The molecule has 0 unspecified atom stereocenters. The molecule has 0 fully saturated rings. The van der Waals surface area contributed by atoms with Crippen LogP contribution >= 0.6 is 0 Å². The highest BCUT2D eigenvalue weighted by atomic mass is 19.1. The molecule has 0 bridgehead atoms. The Balaban J connectivity index is 2.23. The highest BCUT2D eigenvalue weighted by Gasteiger charge is 2.25. The second-order valence-corrected chi connectivity index (χ2v) is 6.51. The van der Waals surface area contributed by atoms with Crippen molar-refractivity contribution in [1.82, 2.24) is 19.5 Å². The number of hydrogen-bond donors (Lipinski definition) is 1. The summed E-state index contributed by atoms with van der Waals surface area (Å²) in [4.78, 5) is 24.0. The fourth-order valence-electron chi connectivity index (χ4n) is 2.66. The van der Waals surface area contributed by atoms with Gasteiger partial charge in [0.15, 0.2) is 11.5 Å². The lowest BCUT2D eigenvalue weighted by atomic mass is 10.1. The Hall–Kier alpha value is -3.03. The third-order valence-corrected chi connectivity index (χ3v) is 3.90. The van der Waals surface area contributed by atoms with Crippen molar-refractivity contribution in [2.75, 3.05) is 12.4 Å². The van der Waals surface area contributed by atoms with Gasteiger partial charge < -0.3 is 14.6 Å². The number of carbonyl (C=O) groups is 1. The van der Waals surface area contributed by atoms with Gasteiger partial charge in [-0.05, 0) is 19.9 Å². The van der Waals surface area contributed by atoms with Crippen LogP contribution in [0.1, 0.15) is 26.6 Å². The predicted molar refractivity (Wildman–Crippen MR) is 96.7 cm³/mol. The first-order chi connectivity index (χ1) is 12.2. The van der Waals surface area contributed by atoms with Gasteiger partial charge in [0.1, 0.15) is 5.82 Å². The average molecular weight is 357 g/mol. The molecule has 3 aromatic rings. The van der Waals surface area contributed by atoms with Crippen molar-refractivity contribution < 1.29 is 13.9 Å². The number of methoxy groups -OCH3 is 1. The number of fused-ring (bicyclic) bond motifs is 1. The monoisotopic (exact) mass is 357 g/mol. The number of hydrogen-bond acceptors (Lipinski definition) is 5. The zero-order chi connectivity index (χ0) is 19.1. The summed E-state index contributed by atoms with van der Waals surface area (Å²) in [6, 6.07) is 3.42. The standard InChI is InChI=1S/C18H20FN5O2/c1-10(25)21-15-6-11-12(9-24(4)14(11)8-20-15)13-7-16(26-5)23-17(22-13)18(2,3)19/h6-9H,1-5H3,(H,20,21,25). The summed E-state index contributed by atoms with van der Waals surface area (Å²) in [6.07, 6.45) is 3.54. The zero-order valence-electron chi connectivity index (χ0n) is 15.3. The minimum Gasteiger partial charge on any atom is -0.481 e. The second-order valence-electron chi connectivity index (χ2n) is 6.51. The van der Waals surface area contributed by atoms with Gasteiger partial charge in [-0.1, -0.05) is 0 Å². The van der Waals surface area contributed by atoms with E-state index < -0.39 is 5.67 Å². The molecule has 0 aliphatic carbocycles. The van der Waals surface area contributed by atoms with Gasteiger partial charge in [0.2, 0.25) is 11.8 Å². The van der Waals surface area contributed by atoms with Gasteiger partial charge in [-0.2, -0.15) is 4.98 Å². The molecule has 0 saturated heterocycles. The van der Waals surface area contributed by atoms with E-state index in [0.717, 1.165) is 16.5 Å². The Kier molecular flexibility index (Phi) is 4.35. The second kappa shape index (κ2) is 6.36. The molecule has 3 aromatic heterocycles. The van der Waals surface area contributed by atoms with Crippen LogP contribution in [0.15, 0.2) is 24.5 Å². The van der Waals surface area contributed by atoms with E-state index in [9.17, 15) is 9.18 Å². The van der Waals surface area contributed by atoms with Crippen molar-refractivity contribution in [3.05, 3.63) is 30.4 Å². The summed E-state index contributed by atoms with van der Waals surface area (Å²) in [5.41, 5.74) is 0.440. The molecule has 0 radical (unpaired) electrons. The quantitative estimate of drug-likeness (QED) is 0.775. The maximum atomic E-state index is 14.4. The lowest BCUT2D eigenvalue weighted by molar-refractivity contribution is -0.114. The van der Waals surface area contributed by atoms with Gasteiger partial charge in [-0.3, -0.25) is 4.79 Å². The Labute approximate surface area is 150 Å². The maximum absolute atomic E-state index is 14.4. The van der Waals surface area contributed by atoms with Crippen LogP contribution in [0.4, 0.5) is 10.2 Å². The van der Waals surface area contributed by atoms with Crippen molar-refractivity contribution in [2.45, 2.75) is 26.4 Å². The van der Waals surface area contributed by atoms with E-state index in [-0.39, 0.29) is 17.6 Å². The molecule has 0 aliphatic rings. The SMILES string of the molecule is COc1cc(-c2cn(C)c3cnc(NC(C)=O)cc23)nc(C(C)(C)F)n1. The average Bonchev–Trinajstić information content (AvgIpc) is 2.89. The molecular formula is C18H20FN5O2. The van der Waals surface area contributed by atoms with Crippen LogP contribution in [0, 0.1) is 0 Å². The number of nitrogens with zero attached hydrogens (tertiary/aromatic N) is 4. The van der Waals surface area contributed by atoms with E-state index in [0.29, 0.717) is 11.5 Å². The number of pyridine rings is 1. The van der Waals surface area contributed by atoms with Gasteiger partial charge >= 0.3 is 0 Å². The molecule has 8 heteroatoms. The van der Waals surface area contributed by atoms with Crippen molar-refractivity contribution in [1.29, 1.82) is 0 Å². The molecule has 0 atom stereocenters. The third-order valence-electron chi connectivity index (χ3n) is 3.90. The minimum absolute atomic E-state index is 0.0417. The molecule has 3 heterocycles. The Morgan fingerprint density at radius 2 is 2.04 bits per heavy atom. The van der Waals surface area contributed by atoms with Crippen LogP contribution in [-0.4, -0.2) is 32.5 Å². The van der Waals surface area contributed by atoms with E-state index in [1.807, 2.05) is 17.8 Å². The number of aryl methyl sites for hydroxylation is 1. The molecule has 26 heavy (non-hydrogen) atoms. The summed E-state index contributed by atoms with van der Waals surface area (Å²) < 4.78 is 21.5. The summed E-state index contributed by atoms with van der Waals surface area (Å²) in [6.45, 7) is 4.21. The molecule has 0 aliphatic heterocycles. The normalized spacial score (nSPS) is 11.6. The third kappa shape index (κ3) is 3.35. The molecule has 0 aromatic carbocycles. The van der Waals surface area contributed by atoms with E-state index in [1.165, 1.54) is 27.9 Å². The Bertz CT molecular complexity index is 991. The number of rotatable bonds is 4. The maximum Gasteiger partial charge on any atom is 0.222 e.